The van der Waals surface area contributed by atoms with Crippen molar-refractivity contribution in [3.63, 3.8) is 0 Å². The minimum Gasteiger partial charge on any atom is -0.386 e. The van der Waals surface area contributed by atoms with E-state index in [1.807, 2.05) is 6.07 Å². The van der Waals surface area contributed by atoms with Crippen molar-refractivity contribution in [2.45, 2.75) is 19.4 Å². The first-order valence-electron chi connectivity index (χ1n) is 6.32. The lowest BCUT2D eigenvalue weighted by atomic mass is 10.1. The van der Waals surface area contributed by atoms with Gasteiger partial charge < -0.3 is 10.6 Å². The molecule has 1 atom stereocenters. The van der Waals surface area contributed by atoms with Crippen LogP contribution in [0.3, 0.4) is 0 Å². The second kappa shape index (κ2) is 5.77. The maximum Gasteiger partial charge on any atom is 0.225 e. The van der Waals surface area contributed by atoms with Gasteiger partial charge in [-0.25, -0.2) is 9.97 Å². The minimum absolute atomic E-state index is 0.0730. The summed E-state index contributed by atoms with van der Waals surface area (Å²) >= 11 is 0. The molecule has 0 bridgehead atoms. The molecule has 0 amide bonds. The topological polar surface area (TPSA) is 82.1 Å². The van der Waals surface area contributed by atoms with Gasteiger partial charge in [-0.3, -0.25) is 10.3 Å². The Labute approximate surface area is 107 Å². The molecule has 1 fully saturated rings. The number of nitrogens with two attached hydrogens (primary N) is 1. The summed E-state index contributed by atoms with van der Waals surface area (Å²) in [4.78, 5) is 12.9. The number of hydrogen-bond acceptors (Lipinski definition) is 5. The van der Waals surface area contributed by atoms with Crippen LogP contribution in [0.2, 0.25) is 0 Å². The molecular formula is C12H20N6. The van der Waals surface area contributed by atoms with E-state index in [4.69, 9.17) is 11.1 Å². The van der Waals surface area contributed by atoms with Gasteiger partial charge in [-0.15, -0.1) is 0 Å². The van der Waals surface area contributed by atoms with Crippen LogP contribution in [0.1, 0.15) is 13.3 Å². The molecule has 1 aromatic rings. The number of anilines is 1. The Balaban J connectivity index is 1.94. The van der Waals surface area contributed by atoms with E-state index in [1.54, 1.807) is 12.4 Å². The Kier molecular flexibility index (Phi) is 4.09. The Bertz CT molecular complexity index is 385. The highest BCUT2D eigenvalue weighted by molar-refractivity contribution is 5.82. The zero-order valence-electron chi connectivity index (χ0n) is 10.7. The molecule has 0 spiro atoms. The third-order valence-electron chi connectivity index (χ3n) is 3.34. The van der Waals surface area contributed by atoms with Gasteiger partial charge in [0.2, 0.25) is 5.95 Å². The molecule has 6 heteroatoms. The van der Waals surface area contributed by atoms with E-state index in [0.29, 0.717) is 0 Å². The molecule has 2 rings (SSSR count). The van der Waals surface area contributed by atoms with Crippen molar-refractivity contribution >= 4 is 11.8 Å². The molecule has 0 aliphatic carbocycles. The van der Waals surface area contributed by atoms with Gasteiger partial charge >= 0.3 is 0 Å². The van der Waals surface area contributed by atoms with Gasteiger partial charge in [0.25, 0.3) is 0 Å². The number of aromatic nitrogens is 2. The number of amidine groups is 1. The van der Waals surface area contributed by atoms with Gasteiger partial charge in [0.05, 0.1) is 6.04 Å². The van der Waals surface area contributed by atoms with E-state index in [-0.39, 0.29) is 11.9 Å². The molecule has 6 nitrogen and oxygen atoms in total. The van der Waals surface area contributed by atoms with Crippen LogP contribution in [0.4, 0.5) is 5.95 Å². The Morgan fingerprint density at radius 3 is 2.44 bits per heavy atom. The van der Waals surface area contributed by atoms with Crippen molar-refractivity contribution < 1.29 is 0 Å². The van der Waals surface area contributed by atoms with E-state index in [9.17, 15) is 0 Å². The quantitative estimate of drug-likeness (QED) is 0.592. The fourth-order valence-corrected chi connectivity index (χ4v) is 2.36. The first-order valence-corrected chi connectivity index (χ1v) is 6.32. The standard InChI is InChI=1S/C12H20N6/c1-2-10(11(13)14)17-6-8-18(9-7-17)12-15-4-3-5-16-12/h3-5,10H,2,6-9H2,1H3,(H3,13,14). The molecule has 98 valence electrons. The van der Waals surface area contributed by atoms with Crippen LogP contribution in [0.5, 0.6) is 0 Å². The molecule has 1 aliphatic heterocycles. The largest absolute Gasteiger partial charge is 0.386 e. The molecule has 1 aromatic heterocycles. The highest BCUT2D eigenvalue weighted by Crippen LogP contribution is 2.13. The number of nitrogens with one attached hydrogen (secondary N) is 1. The van der Waals surface area contributed by atoms with Crippen LogP contribution >= 0.6 is 0 Å². The Hall–Kier alpha value is -1.69. The zero-order chi connectivity index (χ0) is 13.0. The molecule has 3 N–H and O–H groups in total. The number of hydrogen-bond donors (Lipinski definition) is 2. The van der Waals surface area contributed by atoms with E-state index < -0.39 is 0 Å². The van der Waals surface area contributed by atoms with E-state index in [2.05, 4.69) is 26.7 Å². The van der Waals surface area contributed by atoms with Crippen molar-refractivity contribution in [3.8, 4) is 0 Å². The summed E-state index contributed by atoms with van der Waals surface area (Å²) in [5.74, 6) is 1.05. The van der Waals surface area contributed by atoms with Crippen molar-refractivity contribution in [1.82, 2.24) is 14.9 Å². The van der Waals surface area contributed by atoms with Gasteiger partial charge in [-0.2, -0.15) is 0 Å². The summed E-state index contributed by atoms with van der Waals surface area (Å²) in [6, 6.07) is 1.90. The van der Waals surface area contributed by atoms with Crippen molar-refractivity contribution in [2.24, 2.45) is 5.73 Å². The predicted octanol–water partition coefficient (Wildman–Crippen LogP) is 0.313. The lowest BCUT2D eigenvalue weighted by molar-refractivity contribution is 0.221. The monoisotopic (exact) mass is 248 g/mol. The first kappa shape index (κ1) is 12.8. The first-order chi connectivity index (χ1) is 8.72. The number of nitrogens with zero attached hydrogens (tertiary/aromatic N) is 4. The molecule has 0 radical (unpaired) electrons. The zero-order valence-corrected chi connectivity index (χ0v) is 10.7. The highest BCUT2D eigenvalue weighted by Gasteiger charge is 2.25. The Morgan fingerprint density at radius 2 is 1.94 bits per heavy atom. The lowest BCUT2D eigenvalue weighted by Gasteiger charge is -2.38. The normalized spacial score (nSPS) is 18.6. The van der Waals surface area contributed by atoms with Gasteiger partial charge in [0.1, 0.15) is 5.84 Å². The SMILES string of the molecule is CCC(C(=N)N)N1CCN(c2ncccn2)CC1. The van der Waals surface area contributed by atoms with Crippen LogP contribution < -0.4 is 10.6 Å². The van der Waals surface area contributed by atoms with Crippen LogP contribution in [-0.4, -0.2) is 52.9 Å². The maximum absolute atomic E-state index is 7.60. The van der Waals surface area contributed by atoms with Gasteiger partial charge in [-0.1, -0.05) is 6.92 Å². The average Bonchev–Trinajstić information content (AvgIpc) is 2.41. The van der Waals surface area contributed by atoms with Crippen molar-refractivity contribution in [3.05, 3.63) is 18.5 Å². The highest BCUT2D eigenvalue weighted by atomic mass is 15.3. The smallest absolute Gasteiger partial charge is 0.225 e. The summed E-state index contributed by atoms with van der Waals surface area (Å²) in [5, 5.41) is 7.60. The average molecular weight is 248 g/mol. The molecule has 18 heavy (non-hydrogen) atoms. The van der Waals surface area contributed by atoms with Crippen molar-refractivity contribution in [1.29, 1.82) is 5.41 Å². The molecule has 0 aromatic carbocycles. The Morgan fingerprint density at radius 1 is 1.33 bits per heavy atom. The summed E-state index contributed by atoms with van der Waals surface area (Å²) in [5.41, 5.74) is 5.63. The van der Waals surface area contributed by atoms with E-state index >= 15 is 0 Å². The third kappa shape index (κ3) is 2.76. The van der Waals surface area contributed by atoms with Gasteiger partial charge in [0.15, 0.2) is 0 Å². The second-order valence-electron chi connectivity index (χ2n) is 4.45. The maximum atomic E-state index is 7.60. The molecule has 1 aliphatic rings. The lowest BCUT2D eigenvalue weighted by Crippen LogP contribution is -2.54. The van der Waals surface area contributed by atoms with E-state index in [0.717, 1.165) is 38.5 Å². The van der Waals surface area contributed by atoms with Crippen molar-refractivity contribution in [2.75, 3.05) is 31.1 Å². The molecule has 1 unspecified atom stereocenters. The fourth-order valence-electron chi connectivity index (χ4n) is 2.36. The molecule has 2 heterocycles. The predicted molar refractivity (Wildman–Crippen MR) is 71.8 cm³/mol. The second-order valence-corrected chi connectivity index (χ2v) is 4.45. The van der Waals surface area contributed by atoms with Gasteiger partial charge in [0, 0.05) is 38.6 Å². The fraction of sp³-hybridized carbons (Fsp3) is 0.583. The van der Waals surface area contributed by atoms with E-state index in [1.165, 1.54) is 0 Å². The summed E-state index contributed by atoms with van der Waals surface area (Å²) < 4.78 is 0. The number of piperazine rings is 1. The minimum atomic E-state index is 0.0730. The van der Waals surface area contributed by atoms with Gasteiger partial charge in [-0.05, 0) is 12.5 Å². The summed E-state index contributed by atoms with van der Waals surface area (Å²) in [7, 11) is 0. The van der Waals surface area contributed by atoms with Crippen LogP contribution in [0, 0.1) is 5.41 Å². The third-order valence-corrected chi connectivity index (χ3v) is 3.34. The van der Waals surface area contributed by atoms with Crippen LogP contribution in [0.25, 0.3) is 0 Å². The molecule has 0 saturated carbocycles. The van der Waals surface area contributed by atoms with Crippen LogP contribution in [-0.2, 0) is 0 Å². The molecular weight excluding hydrogens is 228 g/mol. The number of rotatable bonds is 4. The van der Waals surface area contributed by atoms with Crippen LogP contribution in [0.15, 0.2) is 18.5 Å². The summed E-state index contributed by atoms with van der Waals surface area (Å²) in [6.07, 6.45) is 4.41. The summed E-state index contributed by atoms with van der Waals surface area (Å²) in [6.45, 7) is 5.63. The molecule has 1 saturated heterocycles.